The molecular formula is C54H86N2O15. The zero-order valence-corrected chi connectivity index (χ0v) is 44.2. The van der Waals surface area contributed by atoms with E-state index in [1.165, 1.54) is 12.0 Å². The number of carboxylic acid groups (broad SMARTS) is 1. The van der Waals surface area contributed by atoms with E-state index < -0.39 is 90.7 Å². The summed E-state index contributed by atoms with van der Waals surface area (Å²) in [5.74, 6) is -7.83. The van der Waals surface area contributed by atoms with Gasteiger partial charge in [0.25, 0.3) is 11.7 Å². The molecule has 71 heavy (non-hydrogen) atoms. The Morgan fingerprint density at radius 3 is 2.24 bits per heavy atom. The molecule has 17 nitrogen and oxygen atoms in total. The number of nitrogens with zero attached hydrogens (tertiary/aromatic N) is 2. The van der Waals surface area contributed by atoms with Gasteiger partial charge in [-0.2, -0.15) is 0 Å². The summed E-state index contributed by atoms with van der Waals surface area (Å²) in [7, 11) is 6.19. The number of fused-ring (bicyclic) bond motifs is 3. The number of piperidine rings is 1. The van der Waals surface area contributed by atoms with Crippen LogP contribution in [0, 0.1) is 35.5 Å². The van der Waals surface area contributed by atoms with Gasteiger partial charge in [0.2, 0.25) is 12.4 Å². The topological polar surface area (TPSA) is 229 Å². The maximum absolute atomic E-state index is 14.6. The Morgan fingerprint density at radius 1 is 0.859 bits per heavy atom. The van der Waals surface area contributed by atoms with E-state index in [-0.39, 0.29) is 55.1 Å². The lowest BCUT2D eigenvalue weighted by molar-refractivity contribution is -0.265. The summed E-state index contributed by atoms with van der Waals surface area (Å²) in [5.41, 5.74) is 1.74. The fourth-order valence-corrected chi connectivity index (χ4v) is 10.9. The second-order valence-electron chi connectivity index (χ2n) is 20.8. The average molecular weight is 1000 g/mol. The van der Waals surface area contributed by atoms with Crippen LogP contribution in [0.5, 0.6) is 0 Å². The maximum atomic E-state index is 14.6. The first-order chi connectivity index (χ1) is 33.7. The van der Waals surface area contributed by atoms with Gasteiger partial charge in [0.1, 0.15) is 24.4 Å². The highest BCUT2D eigenvalue weighted by atomic mass is 16.6. The molecule has 0 aromatic carbocycles. The molecule has 4 rings (SSSR count). The third-order valence-electron chi connectivity index (χ3n) is 15.3. The van der Waals surface area contributed by atoms with Crippen molar-refractivity contribution in [2.24, 2.45) is 40.7 Å². The van der Waals surface area contributed by atoms with Crippen molar-refractivity contribution in [3.05, 3.63) is 47.6 Å². The number of allylic oxidation sites excluding steroid dienone is 5. The van der Waals surface area contributed by atoms with Crippen molar-refractivity contribution in [3.63, 3.8) is 0 Å². The fourth-order valence-electron chi connectivity index (χ4n) is 10.9. The highest BCUT2D eigenvalue weighted by Crippen LogP contribution is 2.38. The van der Waals surface area contributed by atoms with Crippen LogP contribution in [0.4, 0.5) is 0 Å². The molecule has 17 heteroatoms. The maximum Gasteiger partial charge on any atom is 0.344 e. The standard InChI is InChI=1S/C54H86N2O15/c1-32-17-13-12-14-18-33(2)43(65-8)29-40-22-20-38(7)54(64,71-40)51(61)52(62)56-24-16-15-19-41(56)53(63)70-45(35(4)27-39-21-23-42(57)46(28-39)67-10)30-44(66-9)34(3)26-37(6)49(60)50(68-11)48(36(5)25-32)55-69-31-47(58)59/h12-14,17-18,26,32,34-36,38-46,49-50,57,60,64H,15-16,19-25,27-31H2,1-11H3,(H,58,59)/b14-12+,17-13+,33-18+,37-26+,55-48-/t32-,34-,35-,36-,38-,39+,40+,41+,42-,43+,44-,45+,46-,49-,50+,54-/m1/s1. The van der Waals surface area contributed by atoms with Crippen molar-refractivity contribution in [3.8, 4) is 0 Å². The van der Waals surface area contributed by atoms with E-state index in [0.29, 0.717) is 69.1 Å². The third-order valence-corrected chi connectivity index (χ3v) is 15.3. The van der Waals surface area contributed by atoms with Crippen LogP contribution in [-0.2, 0) is 52.4 Å². The van der Waals surface area contributed by atoms with Gasteiger partial charge in [-0.25, -0.2) is 9.59 Å². The third kappa shape index (κ3) is 16.6. The Labute approximate surface area is 422 Å². The highest BCUT2D eigenvalue weighted by Gasteiger charge is 2.53. The number of carbonyl (C=O) groups excluding carboxylic acids is 3. The second kappa shape index (κ2) is 28.6. The molecule has 1 aliphatic carbocycles. The molecule has 1 amide bonds. The van der Waals surface area contributed by atoms with Gasteiger partial charge in [0.15, 0.2) is 0 Å². The number of rotatable bonds is 10. The Kier molecular flexibility index (Phi) is 24.1. The molecule has 0 aromatic rings. The van der Waals surface area contributed by atoms with Crippen LogP contribution in [-0.4, -0.2) is 157 Å². The first kappa shape index (κ1) is 59.8. The molecule has 402 valence electrons. The van der Waals surface area contributed by atoms with E-state index in [2.05, 4.69) is 5.16 Å². The Bertz CT molecular complexity index is 1900. The largest absolute Gasteiger partial charge is 0.479 e. The van der Waals surface area contributed by atoms with Crippen molar-refractivity contribution in [2.75, 3.05) is 41.6 Å². The zero-order chi connectivity index (χ0) is 52.6. The summed E-state index contributed by atoms with van der Waals surface area (Å²) in [5, 5.41) is 48.1. The number of hydrogen-bond acceptors (Lipinski definition) is 15. The molecule has 3 aliphatic heterocycles. The predicted octanol–water partition coefficient (Wildman–Crippen LogP) is 6.51. The van der Waals surface area contributed by atoms with Gasteiger partial charge in [-0.05, 0) is 107 Å². The van der Waals surface area contributed by atoms with Crippen LogP contribution >= 0.6 is 0 Å². The minimum Gasteiger partial charge on any atom is -0.479 e. The molecule has 2 bridgehead atoms. The molecule has 4 aliphatic rings. The molecule has 0 unspecified atom stereocenters. The number of oxime groups is 1. The van der Waals surface area contributed by atoms with Crippen molar-refractivity contribution >= 4 is 29.3 Å². The highest BCUT2D eigenvalue weighted by molar-refractivity contribution is 6.39. The Hall–Kier alpha value is -3.81. The minimum absolute atomic E-state index is 0.0106. The Balaban J connectivity index is 1.77. The number of carboxylic acids is 1. The van der Waals surface area contributed by atoms with E-state index in [0.717, 1.165) is 12.0 Å². The number of aliphatic carboxylic acids is 1. The number of aliphatic hydroxyl groups excluding tert-OH is 2. The van der Waals surface area contributed by atoms with Gasteiger partial charge in [-0.3, -0.25) is 9.59 Å². The molecule has 3 heterocycles. The lowest BCUT2D eigenvalue weighted by atomic mass is 9.78. The minimum atomic E-state index is -2.42. The van der Waals surface area contributed by atoms with Crippen LogP contribution in [0.15, 0.2) is 52.8 Å². The van der Waals surface area contributed by atoms with Crippen molar-refractivity contribution in [2.45, 2.75) is 186 Å². The summed E-state index contributed by atoms with van der Waals surface area (Å²) < 4.78 is 36.2. The van der Waals surface area contributed by atoms with E-state index in [1.807, 2.05) is 71.1 Å². The number of carbonyl (C=O) groups is 4. The molecule has 0 aromatic heterocycles. The molecule has 0 spiro atoms. The number of ether oxygens (including phenoxy) is 6. The zero-order valence-electron chi connectivity index (χ0n) is 44.2. The first-order valence-electron chi connectivity index (χ1n) is 25.7. The molecule has 4 N–H and O–H groups in total. The average Bonchev–Trinajstić information content (AvgIpc) is 3.34. The van der Waals surface area contributed by atoms with Crippen LogP contribution in [0.3, 0.4) is 0 Å². The lowest BCUT2D eigenvalue weighted by Crippen LogP contribution is -2.61. The first-order valence-corrected chi connectivity index (χ1v) is 25.7. The Morgan fingerprint density at radius 2 is 1.58 bits per heavy atom. The van der Waals surface area contributed by atoms with Gasteiger partial charge in [0, 0.05) is 65.6 Å². The molecule has 1 saturated carbocycles. The number of cyclic esters (lactones) is 1. The van der Waals surface area contributed by atoms with Crippen LogP contribution in [0.2, 0.25) is 0 Å². The number of amides is 1. The number of hydrogen-bond donors (Lipinski definition) is 4. The lowest BCUT2D eigenvalue weighted by Gasteiger charge is -2.43. The summed E-state index contributed by atoms with van der Waals surface area (Å²) in [6, 6.07) is -1.09. The van der Waals surface area contributed by atoms with Crippen LogP contribution < -0.4 is 0 Å². The molecule has 0 radical (unpaired) electrons. The van der Waals surface area contributed by atoms with E-state index in [4.69, 9.17) is 33.3 Å². The van der Waals surface area contributed by atoms with Gasteiger partial charge in [0.05, 0.1) is 36.2 Å². The number of esters is 1. The summed E-state index contributed by atoms with van der Waals surface area (Å²) in [6.07, 6.45) is 12.1. The van der Waals surface area contributed by atoms with Crippen LogP contribution in [0.1, 0.15) is 126 Å². The van der Waals surface area contributed by atoms with E-state index in [1.54, 1.807) is 35.2 Å². The van der Waals surface area contributed by atoms with Crippen LogP contribution in [0.25, 0.3) is 0 Å². The molecule has 16 atom stereocenters. The summed E-state index contributed by atoms with van der Waals surface area (Å²) in [4.78, 5) is 61.3. The number of methoxy groups -OCH3 is 4. The number of ketones is 1. The molecule has 2 saturated heterocycles. The van der Waals surface area contributed by atoms with Gasteiger partial charge >= 0.3 is 11.9 Å². The monoisotopic (exact) mass is 1000 g/mol. The normalized spacial score (nSPS) is 39.5. The predicted molar refractivity (Wildman–Crippen MR) is 267 cm³/mol. The second-order valence-corrected chi connectivity index (χ2v) is 20.8. The molecular weight excluding hydrogens is 917 g/mol. The van der Waals surface area contributed by atoms with Gasteiger partial charge in [-0.1, -0.05) is 76.2 Å². The van der Waals surface area contributed by atoms with Gasteiger partial charge < -0.3 is 58.6 Å². The van der Waals surface area contributed by atoms with Crippen molar-refractivity contribution in [1.82, 2.24) is 4.90 Å². The smallest absolute Gasteiger partial charge is 0.344 e. The van der Waals surface area contributed by atoms with Gasteiger partial charge in [-0.15, -0.1) is 0 Å². The quantitative estimate of drug-likeness (QED) is 0.0791. The molecule has 3 fully saturated rings. The van der Waals surface area contributed by atoms with Crippen molar-refractivity contribution < 1.29 is 72.9 Å². The van der Waals surface area contributed by atoms with E-state index >= 15 is 0 Å². The van der Waals surface area contributed by atoms with Crippen molar-refractivity contribution in [1.29, 1.82) is 0 Å². The summed E-state index contributed by atoms with van der Waals surface area (Å²) in [6.45, 7) is 12.7. The van der Waals surface area contributed by atoms with E-state index in [9.17, 15) is 39.6 Å². The summed E-state index contributed by atoms with van der Waals surface area (Å²) >= 11 is 0. The fraction of sp³-hybridized carbons (Fsp3) is 0.759. The SMILES string of the molecule is CO[C@H]1C[C@@H]2CC[C@@H](C)[C@@](O)(O2)C(=O)C(=O)N2CCCC[C@H]2C(=O)O[C@H]([C@H](C)C[C@@H]2CC[C@@H](O)[C@H](OC)C2)C[C@@H](OC)[C@H](C)/C=C(\C)[C@@H](O)[C@@H](OC)/C(=N\OCC(=O)O)[C@H](C)C[C@H](C)/C=C/C=C/C=C/1C. The number of Topliss-reactive ketones (excluding diaryl/α,β-unsaturated/α-hetero) is 1. The number of aliphatic hydroxyl groups is 3.